The maximum absolute atomic E-state index is 12.3. The zero-order valence-electron chi connectivity index (χ0n) is 12.8. The summed E-state index contributed by atoms with van der Waals surface area (Å²) >= 11 is 2.75. The van der Waals surface area contributed by atoms with Crippen LogP contribution in [0.2, 0.25) is 0 Å². The van der Waals surface area contributed by atoms with Gasteiger partial charge in [0.15, 0.2) is 0 Å². The molecule has 1 N–H and O–H groups in total. The molecule has 4 rings (SSSR count). The van der Waals surface area contributed by atoms with Gasteiger partial charge in [0.05, 0.1) is 5.39 Å². The molecule has 0 radical (unpaired) electrons. The maximum atomic E-state index is 12.3. The molecule has 0 aromatic carbocycles. The molecule has 1 saturated heterocycles. The molecule has 2 aliphatic rings. The monoisotopic (exact) mass is 365 g/mol. The molecule has 3 heterocycles. The van der Waals surface area contributed by atoms with Crippen LogP contribution in [0.4, 0.5) is 4.79 Å². The van der Waals surface area contributed by atoms with Crippen LogP contribution in [0.1, 0.15) is 22.7 Å². The Morgan fingerprint density at radius 2 is 2.21 bits per heavy atom. The van der Waals surface area contributed by atoms with Crippen LogP contribution in [0.3, 0.4) is 0 Å². The van der Waals surface area contributed by atoms with Gasteiger partial charge in [-0.3, -0.25) is 14.4 Å². The quantitative estimate of drug-likeness (QED) is 0.829. The first-order valence-corrected chi connectivity index (χ1v) is 9.53. The number of hydrogen-bond donors (Lipinski definition) is 1. The van der Waals surface area contributed by atoms with Gasteiger partial charge in [-0.05, 0) is 24.8 Å². The number of carbonyl (C=O) groups is 2. The molecule has 2 aromatic rings. The molecular weight excluding hydrogens is 350 g/mol. The number of esters is 1. The van der Waals surface area contributed by atoms with Gasteiger partial charge >= 0.3 is 5.97 Å². The summed E-state index contributed by atoms with van der Waals surface area (Å²) < 4.78 is 5.15. The van der Waals surface area contributed by atoms with Crippen LogP contribution < -0.4 is 5.56 Å². The summed E-state index contributed by atoms with van der Waals surface area (Å²) in [6.45, 7) is 0.397. The molecule has 0 bridgehead atoms. The van der Waals surface area contributed by atoms with Gasteiger partial charge in [0.25, 0.3) is 10.8 Å². The Morgan fingerprint density at radius 3 is 3.00 bits per heavy atom. The fourth-order valence-electron chi connectivity index (χ4n) is 3.03. The number of carbonyl (C=O) groups excluding carboxylic acids is 2. The highest BCUT2D eigenvalue weighted by Gasteiger charge is 2.24. The first-order valence-electron chi connectivity index (χ1n) is 7.72. The Kier molecular flexibility index (Phi) is 4.05. The lowest BCUT2D eigenvalue weighted by atomic mass is 10.2. The van der Waals surface area contributed by atoms with Crippen molar-refractivity contribution in [3.05, 3.63) is 26.6 Å². The van der Waals surface area contributed by atoms with Crippen molar-refractivity contribution in [3.63, 3.8) is 0 Å². The predicted octanol–water partition coefficient (Wildman–Crippen LogP) is 1.69. The molecule has 1 aliphatic carbocycles. The van der Waals surface area contributed by atoms with Crippen LogP contribution in [0.5, 0.6) is 0 Å². The summed E-state index contributed by atoms with van der Waals surface area (Å²) in [5, 5.41) is 0.579. The van der Waals surface area contributed by atoms with Crippen LogP contribution in [0, 0.1) is 0 Å². The molecule has 1 fully saturated rings. The third-order valence-electron chi connectivity index (χ3n) is 4.16. The van der Waals surface area contributed by atoms with Crippen molar-refractivity contribution in [1.29, 1.82) is 0 Å². The number of ether oxygens (including phenoxy) is 1. The van der Waals surface area contributed by atoms with Gasteiger partial charge in [-0.25, -0.2) is 4.98 Å². The van der Waals surface area contributed by atoms with Gasteiger partial charge in [0.2, 0.25) is 0 Å². The number of rotatable bonds is 4. The Hall–Kier alpha value is -1.87. The molecule has 9 heteroatoms. The Balaban J connectivity index is 1.46. The van der Waals surface area contributed by atoms with Crippen molar-refractivity contribution in [2.75, 3.05) is 18.8 Å². The molecule has 0 saturated carbocycles. The smallest absolute Gasteiger partial charge is 0.326 e. The molecule has 24 heavy (non-hydrogen) atoms. The van der Waals surface area contributed by atoms with Crippen LogP contribution >= 0.6 is 23.1 Å². The van der Waals surface area contributed by atoms with Crippen molar-refractivity contribution in [1.82, 2.24) is 14.9 Å². The minimum absolute atomic E-state index is 0.0639. The summed E-state index contributed by atoms with van der Waals surface area (Å²) in [5.74, 6) is 0.533. The first kappa shape index (κ1) is 15.6. The number of fused-ring (bicyclic) bond motifs is 3. The van der Waals surface area contributed by atoms with E-state index in [0.717, 1.165) is 24.8 Å². The maximum Gasteiger partial charge on any atom is 0.326 e. The first-order chi connectivity index (χ1) is 11.6. The number of nitrogens with one attached hydrogen (secondary N) is 1. The molecule has 2 aromatic heterocycles. The second-order valence-electron chi connectivity index (χ2n) is 5.75. The van der Waals surface area contributed by atoms with Crippen molar-refractivity contribution < 1.29 is 14.3 Å². The lowest BCUT2D eigenvalue weighted by Crippen LogP contribution is -2.31. The number of aryl methyl sites for hydroxylation is 2. The second-order valence-corrected chi connectivity index (χ2v) is 7.88. The third kappa shape index (κ3) is 2.82. The second kappa shape index (κ2) is 6.21. The van der Waals surface area contributed by atoms with E-state index in [9.17, 15) is 14.4 Å². The van der Waals surface area contributed by atoms with Crippen LogP contribution in [0.25, 0.3) is 10.2 Å². The predicted molar refractivity (Wildman–Crippen MR) is 91.5 cm³/mol. The molecule has 1 aliphatic heterocycles. The van der Waals surface area contributed by atoms with Gasteiger partial charge in [-0.1, -0.05) is 11.8 Å². The van der Waals surface area contributed by atoms with E-state index in [1.165, 1.54) is 21.5 Å². The lowest BCUT2D eigenvalue weighted by Gasteiger charge is -2.13. The highest BCUT2D eigenvalue weighted by molar-refractivity contribution is 8.13. The van der Waals surface area contributed by atoms with E-state index in [-0.39, 0.29) is 24.0 Å². The average molecular weight is 365 g/mol. The van der Waals surface area contributed by atoms with Gasteiger partial charge in [-0.15, -0.1) is 11.3 Å². The number of thiophene rings is 1. The van der Waals surface area contributed by atoms with E-state index in [1.807, 2.05) is 0 Å². The Labute approximate surface area is 145 Å². The zero-order chi connectivity index (χ0) is 16.7. The number of nitrogens with zero attached hydrogens (tertiary/aromatic N) is 2. The molecule has 0 spiro atoms. The van der Waals surface area contributed by atoms with Crippen LogP contribution in [0.15, 0.2) is 4.79 Å². The molecule has 7 nitrogen and oxygen atoms in total. The van der Waals surface area contributed by atoms with Crippen molar-refractivity contribution in [2.45, 2.75) is 25.9 Å². The zero-order valence-corrected chi connectivity index (χ0v) is 14.4. The van der Waals surface area contributed by atoms with E-state index in [4.69, 9.17) is 4.74 Å². The van der Waals surface area contributed by atoms with E-state index >= 15 is 0 Å². The van der Waals surface area contributed by atoms with E-state index in [2.05, 4.69) is 9.97 Å². The Morgan fingerprint density at radius 1 is 1.33 bits per heavy atom. The molecule has 126 valence electrons. The average Bonchev–Trinajstić information content (AvgIpc) is 3.21. The molecule has 0 atom stereocenters. The highest BCUT2D eigenvalue weighted by atomic mass is 32.2. The van der Waals surface area contributed by atoms with E-state index in [0.29, 0.717) is 28.3 Å². The highest BCUT2D eigenvalue weighted by Crippen LogP contribution is 2.34. The third-order valence-corrected chi connectivity index (χ3v) is 6.24. The number of aromatic nitrogens is 2. The van der Waals surface area contributed by atoms with Crippen molar-refractivity contribution >= 4 is 44.5 Å². The van der Waals surface area contributed by atoms with Crippen LogP contribution in [-0.2, 0) is 29.0 Å². The van der Waals surface area contributed by atoms with Crippen molar-refractivity contribution in [2.24, 2.45) is 0 Å². The lowest BCUT2D eigenvalue weighted by molar-refractivity contribution is -0.145. The minimum Gasteiger partial charge on any atom is -0.456 e. The number of aromatic amines is 1. The summed E-state index contributed by atoms with van der Waals surface area (Å²) in [6.07, 6.45) is 3.02. The van der Waals surface area contributed by atoms with E-state index in [1.54, 1.807) is 11.3 Å². The minimum atomic E-state index is -0.498. The molecular formula is C15H15N3O4S2. The summed E-state index contributed by atoms with van der Waals surface area (Å²) in [6, 6.07) is 0. The number of thioether (sulfide) groups is 1. The summed E-state index contributed by atoms with van der Waals surface area (Å²) in [7, 11) is 0. The fraction of sp³-hybridized carbons (Fsp3) is 0.467. The number of amides is 1. The summed E-state index contributed by atoms with van der Waals surface area (Å²) in [4.78, 5) is 46.1. The van der Waals surface area contributed by atoms with Gasteiger partial charge < -0.3 is 14.6 Å². The molecule has 1 amide bonds. The fourth-order valence-corrected chi connectivity index (χ4v) is 5.14. The number of hydrogen-bond acceptors (Lipinski definition) is 7. The molecule has 0 unspecified atom stereocenters. The Bertz CT molecular complexity index is 889. The normalized spacial score (nSPS) is 16.8. The standard InChI is InChI=1S/C15H15N3O4S2/c19-11(6-18-4-5-23-15(18)21)22-7-10-16-13(20)12-8-2-1-3-9(8)24-14(12)17-10/h1-7H2,(H,16,17,20). The van der Waals surface area contributed by atoms with E-state index < -0.39 is 5.97 Å². The van der Waals surface area contributed by atoms with Gasteiger partial charge in [0.1, 0.15) is 23.8 Å². The topological polar surface area (TPSA) is 92.4 Å². The van der Waals surface area contributed by atoms with Gasteiger partial charge in [0, 0.05) is 17.2 Å². The van der Waals surface area contributed by atoms with Gasteiger partial charge in [-0.2, -0.15) is 0 Å². The SMILES string of the molecule is O=C(CN1CCSC1=O)OCc1nc2sc3c(c2c(=O)[nH]1)CCC3. The van der Waals surface area contributed by atoms with Crippen molar-refractivity contribution in [3.8, 4) is 0 Å². The summed E-state index contributed by atoms with van der Waals surface area (Å²) in [5.41, 5.74) is 0.953. The number of H-pyrrole nitrogens is 1. The largest absolute Gasteiger partial charge is 0.456 e. The van der Waals surface area contributed by atoms with Crippen LogP contribution in [-0.4, -0.2) is 44.9 Å².